The second kappa shape index (κ2) is 8.30. The molecule has 1 saturated carbocycles. The van der Waals surface area contributed by atoms with Crippen LogP contribution in [0.3, 0.4) is 0 Å². The van der Waals surface area contributed by atoms with E-state index in [0.29, 0.717) is 25.8 Å². The van der Waals surface area contributed by atoms with Crippen LogP contribution in [-0.2, 0) is 14.3 Å². The second-order valence-corrected chi connectivity index (χ2v) is 7.46. The SMILES string of the molecule is CN(C(=O)CN1CCN(C(=O)[C@@H]2CCOC2)CC1)C1CCCCC1. The number of amides is 2. The lowest BCUT2D eigenvalue weighted by molar-refractivity contribution is -0.138. The van der Waals surface area contributed by atoms with Crippen molar-refractivity contribution in [2.45, 2.75) is 44.6 Å². The quantitative estimate of drug-likeness (QED) is 0.767. The molecule has 0 aromatic heterocycles. The number of carbonyl (C=O) groups is 2. The minimum atomic E-state index is 0.0515. The number of piperazine rings is 1. The number of likely N-dealkylation sites (N-methyl/N-ethyl adjacent to an activating group) is 1. The number of hydrogen-bond acceptors (Lipinski definition) is 4. The van der Waals surface area contributed by atoms with Gasteiger partial charge in [0.2, 0.25) is 11.8 Å². The summed E-state index contributed by atoms with van der Waals surface area (Å²) in [6, 6.07) is 0.427. The molecule has 3 aliphatic rings. The molecule has 2 saturated heterocycles. The molecule has 0 aromatic carbocycles. The summed E-state index contributed by atoms with van der Waals surface area (Å²) in [7, 11) is 1.96. The molecule has 0 spiro atoms. The van der Waals surface area contributed by atoms with Gasteiger partial charge in [-0.2, -0.15) is 0 Å². The molecule has 24 heavy (non-hydrogen) atoms. The average molecular weight is 337 g/mol. The summed E-state index contributed by atoms with van der Waals surface area (Å²) in [4.78, 5) is 31.0. The first-order chi connectivity index (χ1) is 11.6. The van der Waals surface area contributed by atoms with Crippen molar-refractivity contribution < 1.29 is 14.3 Å². The number of hydrogen-bond donors (Lipinski definition) is 0. The summed E-state index contributed by atoms with van der Waals surface area (Å²) in [5.74, 6) is 0.513. The molecule has 0 bridgehead atoms. The third kappa shape index (κ3) is 4.28. The van der Waals surface area contributed by atoms with Crippen LogP contribution in [0.4, 0.5) is 0 Å². The highest BCUT2D eigenvalue weighted by Gasteiger charge is 2.31. The van der Waals surface area contributed by atoms with E-state index in [1.807, 2.05) is 16.8 Å². The Bertz CT molecular complexity index is 437. The van der Waals surface area contributed by atoms with Crippen molar-refractivity contribution in [1.82, 2.24) is 14.7 Å². The highest BCUT2D eigenvalue weighted by atomic mass is 16.5. The molecular weight excluding hydrogens is 306 g/mol. The normalized spacial score (nSPS) is 26.5. The monoisotopic (exact) mass is 337 g/mol. The molecule has 1 atom stereocenters. The predicted octanol–water partition coefficient (Wildman–Crippen LogP) is 0.958. The zero-order valence-electron chi connectivity index (χ0n) is 14.9. The van der Waals surface area contributed by atoms with Crippen LogP contribution in [0.5, 0.6) is 0 Å². The maximum atomic E-state index is 12.5. The van der Waals surface area contributed by atoms with Crippen LogP contribution in [-0.4, -0.2) is 85.5 Å². The van der Waals surface area contributed by atoms with Gasteiger partial charge in [-0.1, -0.05) is 19.3 Å². The predicted molar refractivity (Wildman–Crippen MR) is 91.6 cm³/mol. The van der Waals surface area contributed by atoms with Crippen LogP contribution < -0.4 is 0 Å². The standard InChI is InChI=1S/C18H31N3O3/c1-19(16-5-3-2-4-6-16)17(22)13-20-8-10-21(11-9-20)18(23)15-7-12-24-14-15/h15-16H,2-14H2,1H3/t15-/m1/s1. The maximum absolute atomic E-state index is 12.5. The molecule has 3 fully saturated rings. The molecule has 2 amide bonds. The molecule has 6 heteroatoms. The topological polar surface area (TPSA) is 53.1 Å². The largest absolute Gasteiger partial charge is 0.381 e. The second-order valence-electron chi connectivity index (χ2n) is 7.46. The van der Waals surface area contributed by atoms with Crippen LogP contribution >= 0.6 is 0 Å². The van der Waals surface area contributed by atoms with E-state index in [1.165, 1.54) is 19.3 Å². The molecule has 0 unspecified atom stereocenters. The Morgan fingerprint density at radius 1 is 1.04 bits per heavy atom. The number of carbonyl (C=O) groups excluding carboxylic acids is 2. The van der Waals surface area contributed by atoms with Crippen molar-refractivity contribution in [2.24, 2.45) is 5.92 Å². The van der Waals surface area contributed by atoms with Crippen LogP contribution in [0.25, 0.3) is 0 Å². The molecule has 3 rings (SSSR count). The summed E-state index contributed by atoms with van der Waals surface area (Å²) in [6.45, 7) is 4.82. The summed E-state index contributed by atoms with van der Waals surface area (Å²) in [5, 5.41) is 0. The van der Waals surface area contributed by atoms with Crippen molar-refractivity contribution in [2.75, 3.05) is 53.0 Å². The molecule has 136 valence electrons. The van der Waals surface area contributed by atoms with Gasteiger partial charge in [-0.15, -0.1) is 0 Å². The van der Waals surface area contributed by atoms with Gasteiger partial charge in [0.05, 0.1) is 19.1 Å². The summed E-state index contributed by atoms with van der Waals surface area (Å²) in [5.41, 5.74) is 0. The lowest BCUT2D eigenvalue weighted by Gasteiger charge is -2.37. The molecule has 0 aromatic rings. The van der Waals surface area contributed by atoms with E-state index in [1.54, 1.807) is 0 Å². The van der Waals surface area contributed by atoms with Gasteiger partial charge in [0.1, 0.15) is 0 Å². The third-order valence-corrected chi connectivity index (χ3v) is 5.84. The van der Waals surface area contributed by atoms with Crippen LogP contribution in [0.1, 0.15) is 38.5 Å². The number of ether oxygens (including phenoxy) is 1. The van der Waals surface area contributed by atoms with Crippen LogP contribution in [0.15, 0.2) is 0 Å². The van der Waals surface area contributed by atoms with Gasteiger partial charge < -0.3 is 14.5 Å². The Hall–Kier alpha value is -1.14. The Balaban J connectivity index is 1.41. The maximum Gasteiger partial charge on any atom is 0.236 e. The average Bonchev–Trinajstić information content (AvgIpc) is 3.16. The van der Waals surface area contributed by atoms with Gasteiger partial charge in [-0.25, -0.2) is 0 Å². The molecule has 2 aliphatic heterocycles. The van der Waals surface area contributed by atoms with E-state index in [4.69, 9.17) is 4.74 Å². The van der Waals surface area contributed by atoms with Gasteiger partial charge >= 0.3 is 0 Å². The van der Waals surface area contributed by atoms with E-state index in [-0.39, 0.29) is 17.7 Å². The lowest BCUT2D eigenvalue weighted by Crippen LogP contribution is -2.53. The molecule has 0 radical (unpaired) electrons. The van der Waals surface area contributed by atoms with Gasteiger partial charge in [-0.05, 0) is 19.3 Å². The molecule has 2 heterocycles. The minimum absolute atomic E-state index is 0.0515. The van der Waals surface area contributed by atoms with Gasteiger partial charge in [-0.3, -0.25) is 14.5 Å². The highest BCUT2D eigenvalue weighted by molar-refractivity contribution is 5.80. The lowest BCUT2D eigenvalue weighted by atomic mass is 9.94. The zero-order valence-corrected chi connectivity index (χ0v) is 14.9. The molecule has 1 aliphatic carbocycles. The summed E-state index contributed by atoms with van der Waals surface area (Å²) in [6.07, 6.45) is 6.94. The fourth-order valence-electron chi connectivity index (χ4n) is 4.09. The van der Waals surface area contributed by atoms with Crippen molar-refractivity contribution in [3.8, 4) is 0 Å². The molecule has 6 nitrogen and oxygen atoms in total. The van der Waals surface area contributed by atoms with E-state index in [0.717, 1.165) is 45.4 Å². The first-order valence-corrected chi connectivity index (χ1v) is 9.49. The number of rotatable bonds is 4. The number of nitrogens with zero attached hydrogens (tertiary/aromatic N) is 3. The van der Waals surface area contributed by atoms with Crippen LogP contribution in [0.2, 0.25) is 0 Å². The van der Waals surface area contributed by atoms with Crippen LogP contribution in [0, 0.1) is 5.92 Å². The smallest absolute Gasteiger partial charge is 0.236 e. The highest BCUT2D eigenvalue weighted by Crippen LogP contribution is 2.22. The Labute approximate surface area is 145 Å². The van der Waals surface area contributed by atoms with Crippen molar-refractivity contribution in [1.29, 1.82) is 0 Å². The summed E-state index contributed by atoms with van der Waals surface area (Å²) >= 11 is 0. The van der Waals surface area contributed by atoms with E-state index < -0.39 is 0 Å². The summed E-state index contributed by atoms with van der Waals surface area (Å²) < 4.78 is 5.32. The van der Waals surface area contributed by atoms with E-state index >= 15 is 0 Å². The van der Waals surface area contributed by atoms with Crippen molar-refractivity contribution in [3.05, 3.63) is 0 Å². The Morgan fingerprint density at radius 3 is 2.38 bits per heavy atom. The zero-order chi connectivity index (χ0) is 16.9. The van der Waals surface area contributed by atoms with Crippen molar-refractivity contribution in [3.63, 3.8) is 0 Å². The Morgan fingerprint density at radius 2 is 1.75 bits per heavy atom. The minimum Gasteiger partial charge on any atom is -0.381 e. The van der Waals surface area contributed by atoms with E-state index in [9.17, 15) is 9.59 Å². The fourth-order valence-corrected chi connectivity index (χ4v) is 4.09. The van der Waals surface area contributed by atoms with Gasteiger partial charge in [0.15, 0.2) is 0 Å². The van der Waals surface area contributed by atoms with E-state index in [2.05, 4.69) is 4.90 Å². The fraction of sp³-hybridized carbons (Fsp3) is 0.889. The van der Waals surface area contributed by atoms with Gasteiger partial charge in [0, 0.05) is 45.9 Å². The first kappa shape index (κ1) is 17.7. The Kier molecular flexibility index (Phi) is 6.11. The van der Waals surface area contributed by atoms with Gasteiger partial charge in [0.25, 0.3) is 0 Å². The van der Waals surface area contributed by atoms with Crippen molar-refractivity contribution >= 4 is 11.8 Å². The first-order valence-electron chi connectivity index (χ1n) is 9.49. The third-order valence-electron chi connectivity index (χ3n) is 5.84. The molecule has 0 N–H and O–H groups in total. The molecular formula is C18H31N3O3.